The molecule has 3 rings (SSSR count). The highest BCUT2D eigenvalue weighted by Gasteiger charge is 2.38. The molecule has 0 spiro atoms. The van der Waals surface area contributed by atoms with Crippen molar-refractivity contribution in [1.82, 2.24) is 4.90 Å². The zero-order valence-electron chi connectivity index (χ0n) is 15.3. The molecule has 0 amide bonds. The van der Waals surface area contributed by atoms with Gasteiger partial charge in [0, 0.05) is 12.5 Å². The quantitative estimate of drug-likeness (QED) is 0.560. The van der Waals surface area contributed by atoms with Gasteiger partial charge in [0.2, 0.25) is 0 Å². The first kappa shape index (κ1) is 18.1. The van der Waals surface area contributed by atoms with Crippen molar-refractivity contribution in [2.45, 2.75) is 51.1 Å². The van der Waals surface area contributed by atoms with E-state index in [1.54, 1.807) is 0 Å². The van der Waals surface area contributed by atoms with Gasteiger partial charge in [-0.05, 0) is 61.9 Å². The van der Waals surface area contributed by atoms with E-state index < -0.39 is 6.17 Å². The highest BCUT2D eigenvalue weighted by Crippen LogP contribution is 2.43. The SMILES string of the molecule is CCCN(CCCc1ccc(C2CC2F)cc1)CCc1ccccc1. The van der Waals surface area contributed by atoms with Crippen LogP contribution in [0.15, 0.2) is 54.6 Å². The smallest absolute Gasteiger partial charge is 0.108 e. The van der Waals surface area contributed by atoms with Crippen molar-refractivity contribution >= 4 is 0 Å². The topological polar surface area (TPSA) is 3.24 Å². The number of benzene rings is 2. The van der Waals surface area contributed by atoms with Crippen LogP contribution in [0.5, 0.6) is 0 Å². The molecule has 0 heterocycles. The number of alkyl halides is 1. The fraction of sp³-hybridized carbons (Fsp3) is 0.478. The Labute approximate surface area is 151 Å². The summed E-state index contributed by atoms with van der Waals surface area (Å²) in [6.07, 6.45) is 4.74. The zero-order chi connectivity index (χ0) is 17.5. The summed E-state index contributed by atoms with van der Waals surface area (Å²) in [4.78, 5) is 2.58. The van der Waals surface area contributed by atoms with Crippen molar-refractivity contribution in [3.05, 3.63) is 71.3 Å². The number of hydrogen-bond acceptors (Lipinski definition) is 1. The van der Waals surface area contributed by atoms with E-state index in [4.69, 9.17) is 0 Å². The van der Waals surface area contributed by atoms with E-state index in [0.29, 0.717) is 6.42 Å². The Hall–Kier alpha value is -1.67. The first-order valence-corrected chi connectivity index (χ1v) is 9.75. The lowest BCUT2D eigenvalue weighted by Crippen LogP contribution is -2.28. The number of rotatable bonds is 10. The Morgan fingerprint density at radius 3 is 2.20 bits per heavy atom. The van der Waals surface area contributed by atoms with Gasteiger partial charge in [0.1, 0.15) is 6.17 Å². The fourth-order valence-corrected chi connectivity index (χ4v) is 3.53. The minimum absolute atomic E-state index is 0.173. The normalized spacial score (nSPS) is 19.3. The van der Waals surface area contributed by atoms with Crippen LogP contribution in [0.4, 0.5) is 4.39 Å². The van der Waals surface area contributed by atoms with Crippen LogP contribution < -0.4 is 0 Å². The molecule has 1 aliphatic rings. The summed E-state index contributed by atoms with van der Waals surface area (Å²) in [7, 11) is 0. The van der Waals surface area contributed by atoms with E-state index in [9.17, 15) is 4.39 Å². The van der Waals surface area contributed by atoms with E-state index in [1.165, 1.54) is 36.1 Å². The Morgan fingerprint density at radius 2 is 1.56 bits per heavy atom. The molecule has 0 aliphatic heterocycles. The molecule has 0 aromatic heterocycles. The predicted octanol–water partition coefficient (Wildman–Crippen LogP) is 5.40. The number of nitrogens with zero attached hydrogens (tertiary/aromatic N) is 1. The maximum atomic E-state index is 13.1. The minimum Gasteiger partial charge on any atom is -0.303 e. The third kappa shape index (κ3) is 5.67. The maximum absolute atomic E-state index is 13.1. The van der Waals surface area contributed by atoms with E-state index in [1.807, 2.05) is 0 Å². The molecule has 1 fully saturated rings. The van der Waals surface area contributed by atoms with Gasteiger partial charge in [0.15, 0.2) is 0 Å². The number of halogens is 1. The molecule has 1 saturated carbocycles. The number of hydrogen-bond donors (Lipinski definition) is 0. The van der Waals surface area contributed by atoms with Gasteiger partial charge in [-0.1, -0.05) is 61.5 Å². The van der Waals surface area contributed by atoms with Crippen LogP contribution in [-0.4, -0.2) is 30.7 Å². The van der Waals surface area contributed by atoms with Gasteiger partial charge in [-0.15, -0.1) is 0 Å². The first-order chi connectivity index (χ1) is 12.3. The summed E-state index contributed by atoms with van der Waals surface area (Å²) < 4.78 is 13.1. The van der Waals surface area contributed by atoms with Crippen LogP contribution in [0, 0.1) is 0 Å². The van der Waals surface area contributed by atoms with Crippen molar-refractivity contribution < 1.29 is 4.39 Å². The second kappa shape index (κ2) is 9.15. The number of aryl methyl sites for hydroxylation is 1. The van der Waals surface area contributed by atoms with Gasteiger partial charge in [-0.25, -0.2) is 4.39 Å². The molecule has 134 valence electrons. The van der Waals surface area contributed by atoms with Gasteiger partial charge in [0.25, 0.3) is 0 Å². The molecule has 2 aromatic rings. The lowest BCUT2D eigenvalue weighted by Gasteiger charge is -2.21. The second-order valence-corrected chi connectivity index (χ2v) is 7.28. The summed E-state index contributed by atoms with van der Waals surface area (Å²) in [6.45, 7) is 5.71. The minimum atomic E-state index is -0.599. The molecular weight excluding hydrogens is 309 g/mol. The van der Waals surface area contributed by atoms with Crippen LogP contribution in [0.3, 0.4) is 0 Å². The van der Waals surface area contributed by atoms with Gasteiger partial charge < -0.3 is 4.90 Å². The molecule has 0 bridgehead atoms. The van der Waals surface area contributed by atoms with Gasteiger partial charge in [-0.2, -0.15) is 0 Å². The Morgan fingerprint density at radius 1 is 0.880 bits per heavy atom. The monoisotopic (exact) mass is 339 g/mol. The van der Waals surface area contributed by atoms with Gasteiger partial charge in [-0.3, -0.25) is 0 Å². The molecule has 2 heteroatoms. The first-order valence-electron chi connectivity index (χ1n) is 9.75. The third-order valence-corrected chi connectivity index (χ3v) is 5.16. The summed E-state index contributed by atoms with van der Waals surface area (Å²) in [5.74, 6) is 0.173. The fourth-order valence-electron chi connectivity index (χ4n) is 3.53. The standard InChI is InChI=1S/C23H30FN/c1-2-15-25(17-14-19-7-4-3-5-8-19)16-6-9-20-10-12-21(13-11-20)22-18-23(22)24/h3-5,7-8,10-13,22-23H,2,6,9,14-18H2,1H3. The molecule has 0 N–H and O–H groups in total. The van der Waals surface area contributed by atoms with E-state index in [2.05, 4.69) is 66.4 Å². The summed E-state index contributed by atoms with van der Waals surface area (Å²) in [5, 5.41) is 0. The molecule has 0 radical (unpaired) electrons. The van der Waals surface area contributed by atoms with Crippen molar-refractivity contribution in [3.8, 4) is 0 Å². The van der Waals surface area contributed by atoms with Gasteiger partial charge >= 0.3 is 0 Å². The van der Waals surface area contributed by atoms with Crippen molar-refractivity contribution in [2.75, 3.05) is 19.6 Å². The molecular formula is C23H30FN. The lowest BCUT2D eigenvalue weighted by molar-refractivity contribution is 0.274. The molecule has 2 unspecified atom stereocenters. The lowest BCUT2D eigenvalue weighted by atomic mass is 10.0. The van der Waals surface area contributed by atoms with Crippen LogP contribution in [0.2, 0.25) is 0 Å². The molecule has 25 heavy (non-hydrogen) atoms. The van der Waals surface area contributed by atoms with Crippen molar-refractivity contribution in [1.29, 1.82) is 0 Å². The summed E-state index contributed by atoms with van der Waals surface area (Å²) in [6, 6.07) is 19.4. The van der Waals surface area contributed by atoms with E-state index in [-0.39, 0.29) is 5.92 Å². The summed E-state index contributed by atoms with van der Waals surface area (Å²) >= 11 is 0. The van der Waals surface area contributed by atoms with Crippen LogP contribution in [0.1, 0.15) is 48.8 Å². The third-order valence-electron chi connectivity index (χ3n) is 5.16. The Bertz CT molecular complexity index is 622. The highest BCUT2D eigenvalue weighted by atomic mass is 19.1. The Kier molecular flexibility index (Phi) is 6.63. The van der Waals surface area contributed by atoms with Crippen LogP contribution in [-0.2, 0) is 12.8 Å². The van der Waals surface area contributed by atoms with Crippen molar-refractivity contribution in [3.63, 3.8) is 0 Å². The molecule has 1 aliphatic carbocycles. The van der Waals surface area contributed by atoms with E-state index in [0.717, 1.165) is 25.9 Å². The maximum Gasteiger partial charge on any atom is 0.108 e. The van der Waals surface area contributed by atoms with Crippen molar-refractivity contribution in [2.24, 2.45) is 0 Å². The largest absolute Gasteiger partial charge is 0.303 e. The van der Waals surface area contributed by atoms with Crippen LogP contribution in [0.25, 0.3) is 0 Å². The highest BCUT2D eigenvalue weighted by molar-refractivity contribution is 5.30. The zero-order valence-corrected chi connectivity index (χ0v) is 15.3. The molecule has 2 aromatic carbocycles. The second-order valence-electron chi connectivity index (χ2n) is 7.28. The van der Waals surface area contributed by atoms with E-state index >= 15 is 0 Å². The van der Waals surface area contributed by atoms with Crippen LogP contribution >= 0.6 is 0 Å². The molecule has 1 nitrogen and oxygen atoms in total. The Balaban J connectivity index is 1.41. The molecule has 2 atom stereocenters. The average Bonchev–Trinajstić information content (AvgIpc) is 3.38. The summed E-state index contributed by atoms with van der Waals surface area (Å²) in [5.41, 5.74) is 3.97. The van der Waals surface area contributed by atoms with Gasteiger partial charge in [0.05, 0.1) is 0 Å². The average molecular weight is 339 g/mol. The molecule has 0 saturated heterocycles. The predicted molar refractivity (Wildman–Crippen MR) is 104 cm³/mol.